The van der Waals surface area contributed by atoms with Crippen molar-refractivity contribution in [2.24, 2.45) is 0 Å². The fourth-order valence-electron chi connectivity index (χ4n) is 2.81. The number of aryl methyl sites for hydroxylation is 1. The second-order valence-electron chi connectivity index (χ2n) is 5.79. The first-order valence-electron chi connectivity index (χ1n) is 7.97. The third kappa shape index (κ3) is 3.04. The van der Waals surface area contributed by atoms with Crippen LogP contribution in [0.15, 0.2) is 48.0 Å². The highest BCUT2D eigenvalue weighted by Gasteiger charge is 2.14. The lowest BCUT2D eigenvalue weighted by Gasteiger charge is -2.11. The molecule has 2 N–H and O–H groups in total. The topological polar surface area (TPSA) is 75.6 Å². The smallest absolute Gasteiger partial charge is 0.244 e. The predicted molar refractivity (Wildman–Crippen MR) is 106 cm³/mol. The summed E-state index contributed by atoms with van der Waals surface area (Å²) in [5.74, 6) is 0.491. The number of nitrogens with one attached hydrogen (secondary N) is 2. The Hall–Kier alpha value is -2.84. The molecule has 0 fully saturated rings. The molecule has 0 atom stereocenters. The maximum atomic E-state index is 12.6. The number of hydrogen-bond acceptors (Lipinski definition) is 5. The molecule has 130 valence electrons. The first-order chi connectivity index (χ1) is 12.6. The minimum atomic E-state index is -0.172. The summed E-state index contributed by atoms with van der Waals surface area (Å²) in [5.41, 5.74) is 2.68. The SMILES string of the molecule is Cc1ccc(NC(=O)Cn2c(-c3cccs3)n[nH]c2=S)c2cccnc12. The molecule has 0 unspecified atom stereocenters. The number of rotatable bonds is 4. The van der Waals surface area contributed by atoms with E-state index in [2.05, 4.69) is 20.5 Å². The van der Waals surface area contributed by atoms with Crippen molar-refractivity contribution < 1.29 is 4.79 Å². The number of aromatic amines is 1. The highest BCUT2D eigenvalue weighted by Crippen LogP contribution is 2.25. The van der Waals surface area contributed by atoms with Crippen LogP contribution in [-0.4, -0.2) is 25.7 Å². The maximum Gasteiger partial charge on any atom is 0.244 e. The summed E-state index contributed by atoms with van der Waals surface area (Å²) in [6.07, 6.45) is 1.75. The molecular weight excluding hydrogens is 366 g/mol. The number of pyridine rings is 1. The molecule has 4 aromatic rings. The standard InChI is InChI=1S/C18H15N5OS2/c1-11-6-7-13(12-4-2-8-19-16(11)12)20-15(24)10-23-17(21-22-18(23)25)14-5-3-9-26-14/h2-9H,10H2,1H3,(H,20,24)(H,22,25). The van der Waals surface area contributed by atoms with Crippen molar-refractivity contribution >= 4 is 46.1 Å². The van der Waals surface area contributed by atoms with Gasteiger partial charge in [-0.2, -0.15) is 5.10 Å². The number of H-pyrrole nitrogens is 1. The summed E-state index contributed by atoms with van der Waals surface area (Å²) in [5, 5.41) is 12.8. The minimum Gasteiger partial charge on any atom is -0.324 e. The number of hydrogen-bond donors (Lipinski definition) is 2. The maximum absolute atomic E-state index is 12.6. The van der Waals surface area contributed by atoms with Crippen molar-refractivity contribution in [3.8, 4) is 10.7 Å². The molecule has 6 nitrogen and oxygen atoms in total. The molecule has 3 heterocycles. The van der Waals surface area contributed by atoms with Gasteiger partial charge >= 0.3 is 0 Å². The van der Waals surface area contributed by atoms with E-state index < -0.39 is 0 Å². The van der Waals surface area contributed by atoms with Crippen LogP contribution in [0.4, 0.5) is 5.69 Å². The van der Waals surface area contributed by atoms with Crippen LogP contribution in [0.3, 0.4) is 0 Å². The molecule has 0 saturated heterocycles. The highest BCUT2D eigenvalue weighted by molar-refractivity contribution is 7.71. The van der Waals surface area contributed by atoms with Crippen LogP contribution in [0.2, 0.25) is 0 Å². The van der Waals surface area contributed by atoms with Gasteiger partial charge in [0.2, 0.25) is 5.91 Å². The number of amides is 1. The van der Waals surface area contributed by atoms with Crippen molar-refractivity contribution in [2.45, 2.75) is 13.5 Å². The first kappa shape index (κ1) is 16.6. The van der Waals surface area contributed by atoms with Crippen LogP contribution in [-0.2, 0) is 11.3 Å². The van der Waals surface area contributed by atoms with Gasteiger partial charge in [-0.25, -0.2) is 0 Å². The summed E-state index contributed by atoms with van der Waals surface area (Å²) in [7, 11) is 0. The molecule has 1 aromatic carbocycles. The van der Waals surface area contributed by atoms with E-state index in [-0.39, 0.29) is 12.5 Å². The lowest BCUT2D eigenvalue weighted by Crippen LogP contribution is -2.19. The van der Waals surface area contributed by atoms with E-state index >= 15 is 0 Å². The van der Waals surface area contributed by atoms with Gasteiger partial charge in [-0.15, -0.1) is 11.3 Å². The van der Waals surface area contributed by atoms with Crippen molar-refractivity contribution in [1.29, 1.82) is 0 Å². The molecule has 3 aromatic heterocycles. The van der Waals surface area contributed by atoms with E-state index in [0.717, 1.165) is 27.0 Å². The molecule has 0 aliphatic carbocycles. The molecule has 0 aliphatic heterocycles. The monoisotopic (exact) mass is 381 g/mol. The van der Waals surface area contributed by atoms with Crippen LogP contribution in [0.1, 0.15) is 5.56 Å². The molecule has 0 aliphatic rings. The summed E-state index contributed by atoms with van der Waals surface area (Å²) >= 11 is 6.83. The van der Waals surface area contributed by atoms with Crippen LogP contribution in [0, 0.1) is 11.7 Å². The van der Waals surface area contributed by atoms with E-state index in [0.29, 0.717) is 10.6 Å². The Kier molecular flexibility index (Phi) is 4.36. The number of thiophene rings is 1. The molecule has 1 amide bonds. The second-order valence-corrected chi connectivity index (χ2v) is 7.13. The zero-order chi connectivity index (χ0) is 18.1. The molecule has 0 bridgehead atoms. The van der Waals surface area contributed by atoms with Gasteiger partial charge in [0, 0.05) is 11.6 Å². The van der Waals surface area contributed by atoms with Gasteiger partial charge in [0.25, 0.3) is 0 Å². The van der Waals surface area contributed by atoms with Gasteiger partial charge in [0.1, 0.15) is 6.54 Å². The molecule has 8 heteroatoms. The third-order valence-corrected chi connectivity index (χ3v) is 5.22. The van der Waals surface area contributed by atoms with Crippen molar-refractivity contribution in [3.05, 3.63) is 58.3 Å². The Balaban J connectivity index is 1.63. The van der Waals surface area contributed by atoms with Crippen LogP contribution >= 0.6 is 23.6 Å². The quantitative estimate of drug-likeness (QED) is 0.520. The normalized spacial score (nSPS) is 11.0. The molecule has 0 saturated carbocycles. The number of nitrogens with zero attached hydrogens (tertiary/aromatic N) is 3. The zero-order valence-electron chi connectivity index (χ0n) is 13.9. The second kappa shape index (κ2) is 6.81. The highest BCUT2D eigenvalue weighted by atomic mass is 32.1. The number of fused-ring (bicyclic) bond motifs is 1. The van der Waals surface area contributed by atoms with Gasteiger partial charge in [-0.05, 0) is 54.4 Å². The van der Waals surface area contributed by atoms with E-state index in [1.807, 2.05) is 48.7 Å². The van der Waals surface area contributed by atoms with E-state index in [1.165, 1.54) is 0 Å². The molecule has 4 rings (SSSR count). The zero-order valence-corrected chi connectivity index (χ0v) is 15.5. The van der Waals surface area contributed by atoms with Gasteiger partial charge in [-0.3, -0.25) is 19.4 Å². The lowest BCUT2D eigenvalue weighted by molar-refractivity contribution is -0.116. The minimum absolute atomic E-state index is 0.0815. The number of benzene rings is 1. The number of carbonyl (C=O) groups is 1. The first-order valence-corrected chi connectivity index (χ1v) is 9.25. The van der Waals surface area contributed by atoms with E-state index in [9.17, 15) is 4.79 Å². The Bertz CT molecular complexity index is 1140. The molecular formula is C18H15N5OS2. The van der Waals surface area contributed by atoms with E-state index in [1.54, 1.807) is 22.1 Å². The molecule has 26 heavy (non-hydrogen) atoms. The van der Waals surface area contributed by atoms with Crippen molar-refractivity contribution in [1.82, 2.24) is 19.7 Å². The van der Waals surface area contributed by atoms with Crippen LogP contribution in [0.5, 0.6) is 0 Å². The number of aromatic nitrogens is 4. The predicted octanol–water partition coefficient (Wildman–Crippen LogP) is 4.16. The van der Waals surface area contributed by atoms with Crippen LogP contribution in [0.25, 0.3) is 21.6 Å². The lowest BCUT2D eigenvalue weighted by atomic mass is 10.1. The Morgan fingerprint density at radius 1 is 1.31 bits per heavy atom. The number of anilines is 1. The van der Waals surface area contributed by atoms with Gasteiger partial charge < -0.3 is 5.32 Å². The third-order valence-electron chi connectivity index (χ3n) is 4.05. The number of carbonyl (C=O) groups excluding carboxylic acids is 1. The van der Waals surface area contributed by atoms with Crippen molar-refractivity contribution in [3.63, 3.8) is 0 Å². The average molecular weight is 381 g/mol. The molecule has 0 radical (unpaired) electrons. The van der Waals surface area contributed by atoms with Gasteiger partial charge in [-0.1, -0.05) is 12.1 Å². The van der Waals surface area contributed by atoms with Gasteiger partial charge in [0.05, 0.1) is 16.1 Å². The fourth-order valence-corrected chi connectivity index (χ4v) is 3.73. The largest absolute Gasteiger partial charge is 0.324 e. The van der Waals surface area contributed by atoms with Crippen LogP contribution < -0.4 is 5.32 Å². The molecule has 0 spiro atoms. The fraction of sp³-hybridized carbons (Fsp3) is 0.111. The van der Waals surface area contributed by atoms with Gasteiger partial charge in [0.15, 0.2) is 10.6 Å². The van der Waals surface area contributed by atoms with Crippen molar-refractivity contribution in [2.75, 3.05) is 5.32 Å². The Labute approximate surface area is 158 Å². The summed E-state index contributed by atoms with van der Waals surface area (Å²) in [6, 6.07) is 11.5. The average Bonchev–Trinajstić information content (AvgIpc) is 3.28. The summed E-state index contributed by atoms with van der Waals surface area (Å²) in [6.45, 7) is 2.08. The summed E-state index contributed by atoms with van der Waals surface area (Å²) < 4.78 is 2.12. The van der Waals surface area contributed by atoms with E-state index in [4.69, 9.17) is 12.2 Å². The Morgan fingerprint density at radius 2 is 2.19 bits per heavy atom. The Morgan fingerprint density at radius 3 is 3.00 bits per heavy atom. The summed E-state index contributed by atoms with van der Waals surface area (Å²) in [4.78, 5) is 18.0.